The van der Waals surface area contributed by atoms with Crippen molar-refractivity contribution in [2.45, 2.75) is 316 Å². The van der Waals surface area contributed by atoms with Crippen molar-refractivity contribution < 1.29 is 28.6 Å². The summed E-state index contributed by atoms with van der Waals surface area (Å²) < 4.78 is 16.9. The maximum absolute atomic E-state index is 12.9. The van der Waals surface area contributed by atoms with Gasteiger partial charge in [0.2, 0.25) is 0 Å². The van der Waals surface area contributed by atoms with Gasteiger partial charge in [0.25, 0.3) is 0 Å². The molecule has 6 heteroatoms. The Labute approximate surface area is 446 Å². The summed E-state index contributed by atoms with van der Waals surface area (Å²) in [5.74, 6) is -0.885. The molecular formula is C66H116O6. The maximum Gasteiger partial charge on any atom is 0.306 e. The van der Waals surface area contributed by atoms with Gasteiger partial charge >= 0.3 is 17.9 Å². The van der Waals surface area contributed by atoms with Crippen LogP contribution in [0.3, 0.4) is 0 Å². The molecule has 0 N–H and O–H groups in total. The molecule has 0 aromatic rings. The van der Waals surface area contributed by atoms with E-state index in [0.29, 0.717) is 19.3 Å². The zero-order valence-electron chi connectivity index (χ0n) is 47.7. The van der Waals surface area contributed by atoms with Crippen LogP contribution in [0.5, 0.6) is 0 Å². The van der Waals surface area contributed by atoms with Gasteiger partial charge in [0.15, 0.2) is 6.10 Å². The van der Waals surface area contributed by atoms with Gasteiger partial charge in [-0.25, -0.2) is 0 Å². The quantitative estimate of drug-likeness (QED) is 0.0199. The molecule has 72 heavy (non-hydrogen) atoms. The molecular weight excluding hydrogens is 889 g/mol. The van der Waals surface area contributed by atoms with E-state index in [4.69, 9.17) is 14.2 Å². The Kier molecular flexibility index (Phi) is 57.8. The predicted molar refractivity (Wildman–Crippen MR) is 311 cm³/mol. The Bertz CT molecular complexity index is 1340. The Morgan fingerprint density at radius 2 is 0.583 bits per heavy atom. The van der Waals surface area contributed by atoms with Crippen molar-refractivity contribution in [3.63, 3.8) is 0 Å². The first-order valence-corrected chi connectivity index (χ1v) is 31.0. The van der Waals surface area contributed by atoms with Gasteiger partial charge in [-0.05, 0) is 103 Å². The first-order chi connectivity index (χ1) is 35.5. The lowest BCUT2D eigenvalue weighted by Crippen LogP contribution is -2.30. The fourth-order valence-electron chi connectivity index (χ4n) is 8.80. The van der Waals surface area contributed by atoms with Crippen LogP contribution in [0.4, 0.5) is 0 Å². The molecule has 6 nitrogen and oxygen atoms in total. The van der Waals surface area contributed by atoms with E-state index in [0.717, 1.165) is 83.5 Å². The number of esters is 3. The fourth-order valence-corrected chi connectivity index (χ4v) is 8.80. The second-order valence-corrected chi connectivity index (χ2v) is 20.6. The lowest BCUT2D eigenvalue weighted by atomic mass is 10.1. The number of unbranched alkanes of at least 4 members (excludes halogenated alkanes) is 34. The average Bonchev–Trinajstić information content (AvgIpc) is 3.38. The normalized spacial score (nSPS) is 12.5. The van der Waals surface area contributed by atoms with E-state index in [-0.39, 0.29) is 31.1 Å². The van der Waals surface area contributed by atoms with Gasteiger partial charge in [-0.15, -0.1) is 0 Å². The molecule has 0 amide bonds. The zero-order valence-corrected chi connectivity index (χ0v) is 47.7. The third kappa shape index (κ3) is 57.7. The van der Waals surface area contributed by atoms with Crippen LogP contribution >= 0.6 is 0 Å². The minimum absolute atomic E-state index is 0.0810. The molecule has 0 saturated carbocycles. The molecule has 0 aromatic carbocycles. The van der Waals surface area contributed by atoms with Gasteiger partial charge in [-0.3, -0.25) is 14.4 Å². The number of hydrogen-bond acceptors (Lipinski definition) is 6. The Morgan fingerprint density at radius 3 is 0.972 bits per heavy atom. The van der Waals surface area contributed by atoms with Crippen molar-refractivity contribution in [1.82, 2.24) is 0 Å². The monoisotopic (exact) mass is 1000 g/mol. The highest BCUT2D eigenvalue weighted by atomic mass is 16.6. The van der Waals surface area contributed by atoms with E-state index in [1.165, 1.54) is 186 Å². The summed E-state index contributed by atoms with van der Waals surface area (Å²) >= 11 is 0. The molecule has 0 rings (SSSR count). The summed E-state index contributed by atoms with van der Waals surface area (Å²) in [6.07, 6.45) is 77.5. The predicted octanol–water partition coefficient (Wildman–Crippen LogP) is 20.9. The van der Waals surface area contributed by atoms with Crippen LogP contribution in [-0.2, 0) is 28.6 Å². The second-order valence-electron chi connectivity index (χ2n) is 20.6. The number of carbonyl (C=O) groups excluding carboxylic acids is 3. The first-order valence-electron chi connectivity index (χ1n) is 31.0. The molecule has 1 unspecified atom stereocenters. The Hall–Kier alpha value is -3.15. The summed E-state index contributed by atoms with van der Waals surface area (Å²) in [6, 6.07) is 0. The van der Waals surface area contributed by atoms with Crippen molar-refractivity contribution >= 4 is 17.9 Å². The molecule has 0 spiro atoms. The summed E-state index contributed by atoms with van der Waals surface area (Å²) in [6.45, 7) is 6.52. The Balaban J connectivity index is 4.38. The number of hydrogen-bond donors (Lipinski definition) is 0. The molecule has 0 aliphatic heterocycles. The lowest BCUT2D eigenvalue weighted by Gasteiger charge is -2.18. The van der Waals surface area contributed by atoms with E-state index >= 15 is 0 Å². The third-order valence-corrected chi connectivity index (χ3v) is 13.4. The molecule has 0 heterocycles. The van der Waals surface area contributed by atoms with Gasteiger partial charge in [-0.1, -0.05) is 261 Å². The SMILES string of the molecule is CC/C=C\C/C=C\C/C=C\CCCCCCCCCCCC(=O)OCC(COC(=O)CCCCCCC/C=C\CCCCCCCCC)OC(=O)CCCCCCCCCCCC/C=C\C=C/CCCCC. The first kappa shape index (κ1) is 68.8. The van der Waals surface area contributed by atoms with Crippen LogP contribution in [0.1, 0.15) is 310 Å². The van der Waals surface area contributed by atoms with E-state index in [9.17, 15) is 14.4 Å². The molecule has 0 aliphatic carbocycles. The third-order valence-electron chi connectivity index (χ3n) is 13.4. The van der Waals surface area contributed by atoms with Crippen LogP contribution in [-0.4, -0.2) is 37.2 Å². The smallest absolute Gasteiger partial charge is 0.306 e. The van der Waals surface area contributed by atoms with Gasteiger partial charge in [-0.2, -0.15) is 0 Å². The van der Waals surface area contributed by atoms with Crippen molar-refractivity contribution in [3.05, 3.63) is 72.9 Å². The second kappa shape index (κ2) is 60.4. The van der Waals surface area contributed by atoms with E-state index in [1.54, 1.807) is 0 Å². The van der Waals surface area contributed by atoms with Gasteiger partial charge in [0, 0.05) is 19.3 Å². The zero-order chi connectivity index (χ0) is 52.2. The molecule has 1 atom stereocenters. The fraction of sp³-hybridized carbons (Fsp3) is 0.773. The van der Waals surface area contributed by atoms with Crippen LogP contribution in [0, 0.1) is 0 Å². The maximum atomic E-state index is 12.9. The number of ether oxygens (including phenoxy) is 3. The van der Waals surface area contributed by atoms with Crippen LogP contribution in [0.2, 0.25) is 0 Å². The molecule has 416 valence electrons. The average molecular weight is 1010 g/mol. The minimum atomic E-state index is -0.784. The number of rotatable bonds is 56. The van der Waals surface area contributed by atoms with Crippen molar-refractivity contribution in [2.24, 2.45) is 0 Å². The molecule has 0 bridgehead atoms. The molecule has 0 aromatic heterocycles. The molecule has 0 aliphatic rings. The highest BCUT2D eigenvalue weighted by Crippen LogP contribution is 2.16. The standard InChI is InChI=1S/C66H116O6/c1-4-7-10-13-16-19-22-25-28-31-33-35-38-41-44-47-50-53-56-59-65(68)71-62-63(61-70-64(67)58-55-52-49-46-43-40-37-30-27-24-21-18-15-12-9-6-3)72-66(69)60-57-54-51-48-45-42-39-36-34-32-29-26-23-20-17-14-11-8-5-2/h7,10,16-17,19-20,23,25-26,28,30,37,63H,4-6,8-9,11-15,18,21-22,24,27,29,31-36,38-62H2,1-3H3/b10-7-,19-16-,20-17-,26-23-,28-25-,37-30-. The highest BCUT2D eigenvalue weighted by molar-refractivity contribution is 5.71. The molecule has 0 radical (unpaired) electrons. The van der Waals surface area contributed by atoms with Crippen molar-refractivity contribution in [3.8, 4) is 0 Å². The lowest BCUT2D eigenvalue weighted by molar-refractivity contribution is -0.167. The van der Waals surface area contributed by atoms with Crippen LogP contribution in [0.25, 0.3) is 0 Å². The Morgan fingerprint density at radius 1 is 0.306 bits per heavy atom. The van der Waals surface area contributed by atoms with Crippen molar-refractivity contribution in [2.75, 3.05) is 13.2 Å². The summed E-state index contributed by atoms with van der Waals surface area (Å²) in [7, 11) is 0. The molecule has 0 saturated heterocycles. The topological polar surface area (TPSA) is 78.9 Å². The van der Waals surface area contributed by atoms with Gasteiger partial charge in [0.1, 0.15) is 13.2 Å². The van der Waals surface area contributed by atoms with Crippen LogP contribution in [0.15, 0.2) is 72.9 Å². The van der Waals surface area contributed by atoms with Gasteiger partial charge < -0.3 is 14.2 Å². The van der Waals surface area contributed by atoms with Gasteiger partial charge in [0.05, 0.1) is 0 Å². The summed E-state index contributed by atoms with van der Waals surface area (Å²) in [5, 5.41) is 0. The summed E-state index contributed by atoms with van der Waals surface area (Å²) in [4.78, 5) is 38.3. The molecule has 0 fully saturated rings. The number of carbonyl (C=O) groups is 3. The largest absolute Gasteiger partial charge is 0.462 e. The van der Waals surface area contributed by atoms with E-state index in [2.05, 4.69) is 93.7 Å². The summed E-state index contributed by atoms with van der Waals surface area (Å²) in [5.41, 5.74) is 0. The van der Waals surface area contributed by atoms with Crippen LogP contribution < -0.4 is 0 Å². The number of allylic oxidation sites excluding steroid dienone is 12. The van der Waals surface area contributed by atoms with Crippen molar-refractivity contribution in [1.29, 1.82) is 0 Å². The van der Waals surface area contributed by atoms with E-state index in [1.807, 2.05) is 0 Å². The minimum Gasteiger partial charge on any atom is -0.462 e. The van der Waals surface area contributed by atoms with E-state index < -0.39 is 6.10 Å². The highest BCUT2D eigenvalue weighted by Gasteiger charge is 2.19.